The van der Waals surface area contributed by atoms with Crippen molar-refractivity contribution in [2.75, 3.05) is 31.2 Å². The second kappa shape index (κ2) is 6.57. The van der Waals surface area contributed by atoms with Crippen molar-refractivity contribution in [3.8, 4) is 0 Å². The molecule has 0 saturated carbocycles. The molecule has 1 N–H and O–H groups in total. The van der Waals surface area contributed by atoms with E-state index in [1.165, 1.54) is 6.39 Å². The smallest absolute Gasteiger partial charge is 0.289 e. The summed E-state index contributed by atoms with van der Waals surface area (Å²) in [5.41, 5.74) is 1.38. The van der Waals surface area contributed by atoms with Gasteiger partial charge in [0.2, 0.25) is 5.76 Å². The number of nitrogens with zero attached hydrogens (tertiary/aromatic N) is 3. The van der Waals surface area contributed by atoms with Crippen LogP contribution in [0.5, 0.6) is 0 Å². The Bertz CT molecular complexity index is 650. The summed E-state index contributed by atoms with van der Waals surface area (Å²) < 4.78 is 10.4. The van der Waals surface area contributed by atoms with Crippen molar-refractivity contribution in [1.29, 1.82) is 0 Å². The van der Waals surface area contributed by atoms with Crippen LogP contribution in [0.25, 0.3) is 0 Å². The third-order valence-corrected chi connectivity index (χ3v) is 3.51. The van der Waals surface area contributed by atoms with Gasteiger partial charge in [0.25, 0.3) is 5.91 Å². The van der Waals surface area contributed by atoms with Gasteiger partial charge in [-0.3, -0.25) is 4.79 Å². The van der Waals surface area contributed by atoms with Gasteiger partial charge in [-0.05, 0) is 19.1 Å². The molecule has 2 aromatic heterocycles. The van der Waals surface area contributed by atoms with Crippen LogP contribution in [0, 0.1) is 6.92 Å². The molecule has 0 bridgehead atoms. The fraction of sp³-hybridized carbons (Fsp3) is 0.400. The third-order valence-electron chi connectivity index (χ3n) is 3.51. The molecule has 0 unspecified atom stereocenters. The van der Waals surface area contributed by atoms with E-state index in [0.717, 1.165) is 24.6 Å². The zero-order valence-corrected chi connectivity index (χ0v) is 12.4. The maximum atomic E-state index is 12.0. The molecule has 1 fully saturated rings. The monoisotopic (exact) mass is 302 g/mol. The summed E-state index contributed by atoms with van der Waals surface area (Å²) in [7, 11) is 0. The van der Waals surface area contributed by atoms with E-state index in [1.807, 2.05) is 18.2 Å². The highest BCUT2D eigenvalue weighted by Gasteiger charge is 2.15. The van der Waals surface area contributed by atoms with E-state index in [0.29, 0.717) is 25.5 Å². The van der Waals surface area contributed by atoms with E-state index in [4.69, 9.17) is 9.15 Å². The summed E-state index contributed by atoms with van der Waals surface area (Å²) >= 11 is 0. The molecule has 116 valence electrons. The van der Waals surface area contributed by atoms with Crippen molar-refractivity contribution in [2.24, 2.45) is 0 Å². The molecular weight excluding hydrogens is 284 g/mol. The number of hydrogen-bond acceptors (Lipinski definition) is 6. The summed E-state index contributed by atoms with van der Waals surface area (Å²) in [5, 5.41) is 2.79. The van der Waals surface area contributed by atoms with Crippen LogP contribution in [0.2, 0.25) is 0 Å². The highest BCUT2D eigenvalue weighted by molar-refractivity contribution is 5.92. The van der Waals surface area contributed by atoms with Gasteiger partial charge in [-0.1, -0.05) is 6.07 Å². The maximum absolute atomic E-state index is 12.0. The second-order valence-corrected chi connectivity index (χ2v) is 5.04. The van der Waals surface area contributed by atoms with Gasteiger partial charge in [0, 0.05) is 13.1 Å². The molecule has 1 aliphatic heterocycles. The Morgan fingerprint density at radius 1 is 1.36 bits per heavy atom. The van der Waals surface area contributed by atoms with E-state index in [-0.39, 0.29) is 11.7 Å². The Hall–Kier alpha value is -2.41. The van der Waals surface area contributed by atoms with E-state index < -0.39 is 0 Å². The van der Waals surface area contributed by atoms with Crippen molar-refractivity contribution in [2.45, 2.75) is 13.5 Å². The quantitative estimate of drug-likeness (QED) is 0.912. The van der Waals surface area contributed by atoms with Gasteiger partial charge in [0.05, 0.1) is 31.1 Å². The first kappa shape index (κ1) is 14.5. The lowest BCUT2D eigenvalue weighted by molar-refractivity contribution is 0.0922. The number of oxazole rings is 1. The molecule has 1 aliphatic rings. The van der Waals surface area contributed by atoms with Crippen molar-refractivity contribution < 1.29 is 13.9 Å². The Morgan fingerprint density at radius 3 is 2.91 bits per heavy atom. The molecular formula is C15H18N4O3. The van der Waals surface area contributed by atoms with E-state index >= 15 is 0 Å². The lowest BCUT2D eigenvalue weighted by Crippen LogP contribution is -2.37. The molecule has 22 heavy (non-hydrogen) atoms. The van der Waals surface area contributed by atoms with E-state index in [9.17, 15) is 4.79 Å². The molecule has 0 radical (unpaired) electrons. The zero-order valence-electron chi connectivity index (χ0n) is 12.4. The lowest BCUT2D eigenvalue weighted by Gasteiger charge is -2.28. The molecule has 0 aromatic carbocycles. The third kappa shape index (κ3) is 3.25. The molecule has 2 aromatic rings. The fourth-order valence-corrected chi connectivity index (χ4v) is 2.30. The molecule has 0 aliphatic carbocycles. The number of amides is 1. The van der Waals surface area contributed by atoms with Crippen LogP contribution in [-0.2, 0) is 11.3 Å². The van der Waals surface area contributed by atoms with Crippen molar-refractivity contribution >= 4 is 11.7 Å². The van der Waals surface area contributed by atoms with E-state index in [2.05, 4.69) is 20.2 Å². The van der Waals surface area contributed by atoms with Crippen LogP contribution in [0.15, 0.2) is 29.0 Å². The lowest BCUT2D eigenvalue weighted by atomic mass is 10.3. The Kier molecular flexibility index (Phi) is 4.34. The van der Waals surface area contributed by atoms with Gasteiger partial charge in [0.15, 0.2) is 6.39 Å². The number of hydrogen-bond donors (Lipinski definition) is 1. The Labute approximate surface area is 128 Å². The number of anilines is 1. The number of ether oxygens (including phenoxy) is 1. The number of morpholine rings is 1. The average Bonchev–Trinajstić information content (AvgIpc) is 3.00. The van der Waals surface area contributed by atoms with Crippen LogP contribution < -0.4 is 10.2 Å². The maximum Gasteiger partial charge on any atom is 0.289 e. The van der Waals surface area contributed by atoms with Crippen LogP contribution in [-0.4, -0.2) is 42.2 Å². The minimum absolute atomic E-state index is 0.240. The number of pyridine rings is 1. The Morgan fingerprint density at radius 2 is 2.18 bits per heavy atom. The molecule has 7 heteroatoms. The van der Waals surface area contributed by atoms with Crippen molar-refractivity contribution in [1.82, 2.24) is 15.3 Å². The van der Waals surface area contributed by atoms with Gasteiger partial charge in [0.1, 0.15) is 5.82 Å². The number of carbonyl (C=O) groups is 1. The second-order valence-electron chi connectivity index (χ2n) is 5.04. The number of nitrogens with one attached hydrogen (secondary N) is 1. The van der Waals surface area contributed by atoms with Gasteiger partial charge in [-0.2, -0.15) is 0 Å². The largest absolute Gasteiger partial charge is 0.438 e. The van der Waals surface area contributed by atoms with Crippen molar-refractivity contribution in [3.05, 3.63) is 41.7 Å². The van der Waals surface area contributed by atoms with Gasteiger partial charge >= 0.3 is 0 Å². The number of carbonyl (C=O) groups excluding carboxylic acids is 1. The number of aromatic nitrogens is 2. The molecule has 3 rings (SSSR count). The minimum atomic E-state index is -0.284. The van der Waals surface area contributed by atoms with Crippen molar-refractivity contribution in [3.63, 3.8) is 0 Å². The highest BCUT2D eigenvalue weighted by atomic mass is 16.5. The van der Waals surface area contributed by atoms with E-state index in [1.54, 1.807) is 6.92 Å². The minimum Gasteiger partial charge on any atom is -0.438 e. The normalized spacial score (nSPS) is 14.9. The molecule has 0 atom stereocenters. The fourth-order valence-electron chi connectivity index (χ4n) is 2.30. The summed E-state index contributed by atoms with van der Waals surface area (Å²) in [6, 6.07) is 5.80. The summed E-state index contributed by atoms with van der Waals surface area (Å²) in [6.45, 7) is 5.17. The number of aryl methyl sites for hydroxylation is 1. The van der Waals surface area contributed by atoms with Crippen LogP contribution in [0.3, 0.4) is 0 Å². The molecule has 1 saturated heterocycles. The molecule has 7 nitrogen and oxygen atoms in total. The highest BCUT2D eigenvalue weighted by Crippen LogP contribution is 2.13. The van der Waals surface area contributed by atoms with Gasteiger partial charge in [-0.15, -0.1) is 0 Å². The topological polar surface area (TPSA) is 80.5 Å². The van der Waals surface area contributed by atoms with Crippen LogP contribution in [0.1, 0.15) is 21.9 Å². The van der Waals surface area contributed by atoms with Crippen LogP contribution in [0.4, 0.5) is 5.82 Å². The van der Waals surface area contributed by atoms with Gasteiger partial charge < -0.3 is 19.4 Å². The molecule has 3 heterocycles. The standard InChI is InChI=1S/C15H18N4O3/c1-11-14(22-10-17-11)15(20)16-9-12-3-2-4-13(18-12)19-5-7-21-8-6-19/h2-4,10H,5-9H2,1H3,(H,16,20). The number of rotatable bonds is 4. The van der Waals surface area contributed by atoms with Gasteiger partial charge in [-0.25, -0.2) is 9.97 Å². The molecule has 1 amide bonds. The predicted molar refractivity (Wildman–Crippen MR) is 79.7 cm³/mol. The summed E-state index contributed by atoms with van der Waals surface area (Å²) in [6.07, 6.45) is 1.27. The zero-order chi connectivity index (χ0) is 15.4. The Balaban J connectivity index is 1.63. The first-order valence-electron chi connectivity index (χ1n) is 7.21. The predicted octanol–water partition coefficient (Wildman–Crippen LogP) is 1.14. The van der Waals surface area contributed by atoms with Crippen LogP contribution >= 0.6 is 0 Å². The molecule has 0 spiro atoms. The first-order chi connectivity index (χ1) is 10.7. The average molecular weight is 302 g/mol. The SMILES string of the molecule is Cc1ncoc1C(=O)NCc1cccc(N2CCOCC2)n1. The summed E-state index contributed by atoms with van der Waals surface area (Å²) in [5.74, 6) is 0.865. The summed E-state index contributed by atoms with van der Waals surface area (Å²) in [4.78, 5) is 22.7. The first-order valence-corrected chi connectivity index (χ1v) is 7.21.